The van der Waals surface area contributed by atoms with Crippen molar-refractivity contribution in [1.29, 1.82) is 0 Å². The molecular formula is C81H106N4O14S2Si2. The van der Waals surface area contributed by atoms with E-state index in [1.807, 2.05) is 41.5 Å². The van der Waals surface area contributed by atoms with Crippen LogP contribution in [0.1, 0.15) is 173 Å². The third-order valence-corrected chi connectivity index (χ3v) is 26.5. The van der Waals surface area contributed by atoms with Gasteiger partial charge in [0.1, 0.15) is 49.4 Å². The highest BCUT2D eigenvalue weighted by Gasteiger charge is 2.44. The molecule has 0 saturated heterocycles. The molecule has 1 aliphatic carbocycles. The highest BCUT2D eigenvalue weighted by molar-refractivity contribution is 7.14. The molecule has 6 aromatic rings. The SMILES string of the molecule is CCCCC1(CCCC)c2cc(C#Cc3sc(/C=C/c4ccc(N(CC)CCOC(=O)NCCC[Si](OCC)(OCC)OCC)cc4)c4c3OCCO4)ccc2-c2ccc(C#Cc3sc(/C=C/c4ccc(N(CC)CCOC(=O)NCCC[Si](OCC)(OCC)OCC)cc4)c4c3OCCO4)cc21. The summed E-state index contributed by atoms with van der Waals surface area (Å²) in [7, 11) is -5.54. The van der Waals surface area contributed by atoms with Crippen LogP contribution in [0.25, 0.3) is 35.4 Å². The van der Waals surface area contributed by atoms with Crippen LogP contribution in [0, 0.1) is 23.7 Å². The first-order valence-electron chi connectivity index (χ1n) is 37.2. The number of anilines is 2. The first-order chi connectivity index (χ1) is 50.3. The molecule has 103 heavy (non-hydrogen) atoms. The molecule has 0 atom stereocenters. The van der Waals surface area contributed by atoms with Crippen LogP contribution in [0.5, 0.6) is 23.0 Å². The average Bonchev–Trinajstić information content (AvgIpc) is 1.56. The number of hydrogen-bond acceptors (Lipinski definition) is 18. The lowest BCUT2D eigenvalue weighted by atomic mass is 9.70. The fourth-order valence-corrected chi connectivity index (χ4v) is 20.4. The second-order valence-electron chi connectivity index (χ2n) is 24.9. The number of hydrogen-bond donors (Lipinski definition) is 2. The number of amides is 2. The molecule has 0 bridgehead atoms. The first kappa shape index (κ1) is 79.5. The highest BCUT2D eigenvalue weighted by atomic mass is 32.1. The van der Waals surface area contributed by atoms with Crippen LogP contribution in [0.2, 0.25) is 12.1 Å². The number of ether oxygens (including phenoxy) is 6. The Balaban J connectivity index is 0.837. The number of carbonyl (C=O) groups is 2. The summed E-state index contributed by atoms with van der Waals surface area (Å²) >= 11 is 3.16. The molecule has 9 rings (SSSR count). The van der Waals surface area contributed by atoms with Gasteiger partial charge in [0.25, 0.3) is 0 Å². The molecular weight excluding hydrogens is 1370 g/mol. The third-order valence-electron chi connectivity index (χ3n) is 18.1. The van der Waals surface area contributed by atoms with Gasteiger partial charge in [-0.05, 0) is 187 Å². The molecule has 0 saturated carbocycles. The van der Waals surface area contributed by atoms with Gasteiger partial charge in [0, 0.05) is 106 Å². The van der Waals surface area contributed by atoms with Gasteiger partial charge in [-0.1, -0.05) is 99.9 Å². The van der Waals surface area contributed by atoms with E-state index in [1.165, 1.54) is 22.3 Å². The van der Waals surface area contributed by atoms with E-state index in [0.717, 1.165) is 116 Å². The number of nitrogens with zero attached hydrogens (tertiary/aromatic N) is 2. The Hall–Kier alpha value is -7.59. The summed E-state index contributed by atoms with van der Waals surface area (Å²) in [5, 5.41) is 5.73. The van der Waals surface area contributed by atoms with E-state index in [4.69, 9.17) is 55.0 Å². The fraction of sp³-hybridized carbons (Fsp3) is 0.481. The summed E-state index contributed by atoms with van der Waals surface area (Å²) in [5.41, 5.74) is 11.1. The lowest BCUT2D eigenvalue weighted by Crippen LogP contribution is -2.46. The molecule has 3 aliphatic rings. The Bertz CT molecular complexity index is 3610. The molecule has 0 spiro atoms. The smallest absolute Gasteiger partial charge is 0.485 e. The number of carbonyl (C=O) groups excluding carboxylic acids is 2. The van der Waals surface area contributed by atoms with Crippen LogP contribution in [-0.4, -0.2) is 148 Å². The van der Waals surface area contributed by atoms with Gasteiger partial charge in [-0.2, -0.15) is 0 Å². The van der Waals surface area contributed by atoms with Crippen LogP contribution in [-0.2, 0) is 41.4 Å². The molecule has 22 heteroatoms. The van der Waals surface area contributed by atoms with E-state index in [-0.39, 0.29) is 18.6 Å². The van der Waals surface area contributed by atoms with Crippen molar-refractivity contribution < 1.29 is 64.6 Å². The minimum absolute atomic E-state index is 0.204. The highest BCUT2D eigenvalue weighted by Crippen LogP contribution is 2.55. The Kier molecular flexibility index (Phi) is 31.4. The summed E-state index contributed by atoms with van der Waals surface area (Å²) < 4.78 is 71.9. The van der Waals surface area contributed by atoms with Crippen molar-refractivity contribution >= 4 is 88.1 Å². The van der Waals surface area contributed by atoms with Crippen molar-refractivity contribution in [2.24, 2.45) is 0 Å². The maximum Gasteiger partial charge on any atom is 0.500 e. The normalized spacial score (nSPS) is 13.4. The number of rotatable bonds is 40. The predicted octanol–water partition coefficient (Wildman–Crippen LogP) is 17.1. The van der Waals surface area contributed by atoms with Gasteiger partial charge in [-0.15, -0.1) is 22.7 Å². The second kappa shape index (κ2) is 40.6. The molecule has 0 radical (unpaired) electrons. The van der Waals surface area contributed by atoms with Crippen LogP contribution in [0.4, 0.5) is 21.0 Å². The minimum atomic E-state index is -2.77. The number of likely N-dealkylation sites (N-methyl/N-ethyl adjacent to an activating group) is 2. The monoisotopic (exact) mass is 1480 g/mol. The van der Waals surface area contributed by atoms with Crippen molar-refractivity contribution in [1.82, 2.24) is 10.6 Å². The summed E-state index contributed by atoms with van der Waals surface area (Å²) in [6.07, 6.45) is 15.2. The average molecular weight is 1480 g/mol. The molecule has 4 aromatic carbocycles. The number of benzene rings is 4. The van der Waals surface area contributed by atoms with Crippen molar-refractivity contribution in [3.8, 4) is 57.8 Å². The van der Waals surface area contributed by atoms with Crippen molar-refractivity contribution in [2.75, 3.05) is 128 Å². The van der Waals surface area contributed by atoms with E-state index >= 15 is 0 Å². The van der Waals surface area contributed by atoms with E-state index in [0.29, 0.717) is 129 Å². The van der Waals surface area contributed by atoms with Gasteiger partial charge in [0.05, 0.1) is 22.8 Å². The molecule has 0 unspecified atom stereocenters. The van der Waals surface area contributed by atoms with Crippen molar-refractivity contribution in [2.45, 2.75) is 138 Å². The van der Waals surface area contributed by atoms with Gasteiger partial charge in [-0.3, -0.25) is 0 Å². The van der Waals surface area contributed by atoms with Crippen molar-refractivity contribution in [3.63, 3.8) is 0 Å². The summed E-state index contributed by atoms with van der Waals surface area (Å²) in [4.78, 5) is 33.2. The van der Waals surface area contributed by atoms with Crippen LogP contribution in [0.15, 0.2) is 84.9 Å². The molecule has 2 aliphatic heterocycles. The topological polar surface area (TPSA) is 175 Å². The molecule has 4 heterocycles. The quantitative estimate of drug-likeness (QED) is 0.0211. The molecule has 18 nitrogen and oxygen atoms in total. The largest absolute Gasteiger partial charge is 0.500 e. The van der Waals surface area contributed by atoms with E-state index < -0.39 is 29.8 Å². The predicted molar refractivity (Wildman–Crippen MR) is 420 cm³/mol. The van der Waals surface area contributed by atoms with E-state index in [1.54, 1.807) is 22.7 Å². The number of thiophene rings is 2. The van der Waals surface area contributed by atoms with Gasteiger partial charge in [0.15, 0.2) is 23.0 Å². The van der Waals surface area contributed by atoms with Gasteiger partial charge >= 0.3 is 29.8 Å². The number of nitrogens with one attached hydrogen (secondary N) is 2. The van der Waals surface area contributed by atoms with Crippen LogP contribution < -0.4 is 39.4 Å². The van der Waals surface area contributed by atoms with Crippen molar-refractivity contribution in [3.05, 3.63) is 138 Å². The second-order valence-corrected chi connectivity index (χ2v) is 32.5. The molecule has 2 amide bonds. The number of alkyl carbamates (subject to hydrolysis) is 2. The Morgan fingerprint density at radius 1 is 0.476 bits per heavy atom. The van der Waals surface area contributed by atoms with Gasteiger partial charge in [-0.25, -0.2) is 9.59 Å². The van der Waals surface area contributed by atoms with E-state index in [9.17, 15) is 9.59 Å². The molecule has 2 aromatic heterocycles. The number of unbranched alkanes of at least 4 members (excludes halogenated alkanes) is 2. The molecule has 554 valence electrons. The Morgan fingerprint density at radius 3 is 1.19 bits per heavy atom. The fourth-order valence-electron chi connectivity index (χ4n) is 13.3. The van der Waals surface area contributed by atoms with Gasteiger partial charge < -0.3 is 75.4 Å². The maximum absolute atomic E-state index is 12.6. The lowest BCUT2D eigenvalue weighted by Gasteiger charge is -2.33. The Morgan fingerprint density at radius 2 is 0.845 bits per heavy atom. The summed E-state index contributed by atoms with van der Waals surface area (Å²) in [6, 6.07) is 31.6. The molecule has 2 N–H and O–H groups in total. The summed E-state index contributed by atoms with van der Waals surface area (Å²) in [6.45, 7) is 29.3. The van der Waals surface area contributed by atoms with Crippen LogP contribution in [0.3, 0.4) is 0 Å². The lowest BCUT2D eigenvalue weighted by molar-refractivity contribution is 0.0699. The maximum atomic E-state index is 12.6. The summed E-state index contributed by atoms with van der Waals surface area (Å²) in [5.74, 6) is 17.1. The van der Waals surface area contributed by atoms with E-state index in [2.05, 4.69) is 181 Å². The van der Waals surface area contributed by atoms with Crippen LogP contribution >= 0.6 is 22.7 Å². The number of fused-ring (bicyclic) bond motifs is 5. The zero-order valence-corrected chi connectivity index (χ0v) is 65.8. The zero-order chi connectivity index (χ0) is 72.9. The first-order valence-corrected chi connectivity index (χ1v) is 42.7. The molecule has 0 fully saturated rings. The minimum Gasteiger partial charge on any atom is -0.485 e. The third kappa shape index (κ3) is 21.3. The van der Waals surface area contributed by atoms with Gasteiger partial charge in [0.2, 0.25) is 0 Å². The Labute approximate surface area is 621 Å². The zero-order valence-electron chi connectivity index (χ0n) is 62.1. The standard InChI is InChI=1S/C81H106N4O14S2Si2/c1-11-21-45-81(46-22-12-2)69-59-63(33-43-73-77-75(88-53-55-90-77)71(100-73)41-31-61-25-35-65(36-26-61)84(13-3)49-51-92-79(86)82-47-23-57-102(94-15-5,95-16-6)96-17-7)29-39-67(69)68-40-30-64(60-70(68)81)34-44-74-78-76(89-54-56-91-78)72(101-74)42-32-62-27-37-66(38-28-62)85(14-4)50-52-93-80(87)83-48-24-58-103(97-18-8,98-19-9)99-20-10/h25-32,35-42,59-60H,11-24,45-58H2,1-10H3,(H,82,86)(H,83,87)/b41-31+,42-32+.